The first-order valence-electron chi connectivity index (χ1n) is 5.70. The van der Waals surface area contributed by atoms with Crippen LogP contribution in [-0.4, -0.2) is 48.1 Å². The van der Waals surface area contributed by atoms with E-state index in [4.69, 9.17) is 5.73 Å². The average Bonchev–Trinajstić information content (AvgIpc) is 2.41. The molecule has 1 fully saturated rings. The van der Waals surface area contributed by atoms with E-state index < -0.39 is 0 Å². The van der Waals surface area contributed by atoms with E-state index >= 15 is 0 Å². The summed E-state index contributed by atoms with van der Waals surface area (Å²) in [5.41, 5.74) is 6.60. The summed E-state index contributed by atoms with van der Waals surface area (Å²) in [4.78, 5) is 13.0. The average molecular weight is 221 g/mol. The van der Waals surface area contributed by atoms with Crippen molar-refractivity contribution < 1.29 is 0 Å². The van der Waals surface area contributed by atoms with Gasteiger partial charge in [0.2, 0.25) is 5.95 Å². The summed E-state index contributed by atoms with van der Waals surface area (Å²) in [6.07, 6.45) is 1.17. The molecule has 0 amide bonds. The number of nitrogens with zero attached hydrogens (tertiary/aromatic N) is 4. The second-order valence-corrected chi connectivity index (χ2v) is 4.37. The maximum absolute atomic E-state index is 5.67. The minimum absolute atomic E-state index is 0.368. The summed E-state index contributed by atoms with van der Waals surface area (Å²) in [7, 11) is 2.16. The predicted molar refractivity (Wildman–Crippen MR) is 65.5 cm³/mol. The molecule has 16 heavy (non-hydrogen) atoms. The normalized spacial score (nSPS) is 18.5. The largest absolute Gasteiger partial charge is 0.368 e. The van der Waals surface area contributed by atoms with Crippen molar-refractivity contribution >= 4 is 11.8 Å². The molecule has 0 radical (unpaired) electrons. The van der Waals surface area contributed by atoms with E-state index in [1.165, 1.54) is 6.42 Å². The van der Waals surface area contributed by atoms with Crippen LogP contribution >= 0.6 is 0 Å². The first-order chi connectivity index (χ1) is 7.65. The van der Waals surface area contributed by atoms with Gasteiger partial charge in [0.05, 0.1) is 0 Å². The summed E-state index contributed by atoms with van der Waals surface area (Å²) in [6, 6.07) is 2.00. The molecule has 0 bridgehead atoms. The highest BCUT2D eigenvalue weighted by atomic mass is 15.2. The lowest BCUT2D eigenvalue weighted by atomic mass is 10.3. The fourth-order valence-corrected chi connectivity index (χ4v) is 2.01. The lowest BCUT2D eigenvalue weighted by Gasteiger charge is -2.21. The molecular weight excluding hydrogens is 202 g/mol. The molecule has 1 saturated heterocycles. The van der Waals surface area contributed by atoms with Crippen LogP contribution in [0.2, 0.25) is 0 Å². The van der Waals surface area contributed by atoms with E-state index in [0.29, 0.717) is 5.95 Å². The van der Waals surface area contributed by atoms with E-state index in [2.05, 4.69) is 26.8 Å². The second kappa shape index (κ2) is 4.65. The number of anilines is 2. The Morgan fingerprint density at radius 3 is 2.75 bits per heavy atom. The van der Waals surface area contributed by atoms with Crippen molar-refractivity contribution in [3.63, 3.8) is 0 Å². The van der Waals surface area contributed by atoms with Gasteiger partial charge in [-0.1, -0.05) is 0 Å². The van der Waals surface area contributed by atoms with Crippen molar-refractivity contribution in [3.8, 4) is 0 Å². The van der Waals surface area contributed by atoms with Gasteiger partial charge in [0.1, 0.15) is 5.82 Å². The molecule has 0 unspecified atom stereocenters. The van der Waals surface area contributed by atoms with Crippen molar-refractivity contribution in [2.75, 3.05) is 43.9 Å². The van der Waals surface area contributed by atoms with Crippen LogP contribution in [0.5, 0.6) is 0 Å². The van der Waals surface area contributed by atoms with Crippen LogP contribution in [-0.2, 0) is 0 Å². The van der Waals surface area contributed by atoms with Crippen molar-refractivity contribution in [3.05, 3.63) is 11.8 Å². The molecule has 88 valence electrons. The lowest BCUT2D eigenvalue weighted by molar-refractivity contribution is 0.360. The maximum atomic E-state index is 5.67. The third-order valence-corrected chi connectivity index (χ3v) is 2.90. The molecule has 0 aromatic carbocycles. The van der Waals surface area contributed by atoms with E-state index in [1.54, 1.807) is 0 Å². The molecule has 0 aliphatic carbocycles. The zero-order valence-electron chi connectivity index (χ0n) is 9.98. The smallest absolute Gasteiger partial charge is 0.222 e. The highest BCUT2D eigenvalue weighted by Crippen LogP contribution is 2.15. The third-order valence-electron chi connectivity index (χ3n) is 2.90. The Hall–Kier alpha value is -1.36. The molecule has 2 heterocycles. The number of likely N-dealkylation sites (N-methyl/N-ethyl adjacent to an activating group) is 1. The van der Waals surface area contributed by atoms with Crippen LogP contribution in [0.3, 0.4) is 0 Å². The molecule has 2 N–H and O–H groups in total. The van der Waals surface area contributed by atoms with Crippen molar-refractivity contribution in [2.24, 2.45) is 0 Å². The quantitative estimate of drug-likeness (QED) is 0.748. The first kappa shape index (κ1) is 11.1. The Kier molecular flexibility index (Phi) is 3.24. The van der Waals surface area contributed by atoms with Crippen LogP contribution in [0.1, 0.15) is 12.1 Å². The van der Waals surface area contributed by atoms with Crippen LogP contribution in [0.25, 0.3) is 0 Å². The molecule has 0 saturated carbocycles. The SMILES string of the molecule is Cc1cc(N2CCCN(C)CC2)nc(N)n1. The van der Waals surface area contributed by atoms with Gasteiger partial charge in [-0.3, -0.25) is 0 Å². The summed E-state index contributed by atoms with van der Waals surface area (Å²) in [6.45, 7) is 6.22. The fraction of sp³-hybridized carbons (Fsp3) is 0.636. The molecule has 1 aliphatic heterocycles. The van der Waals surface area contributed by atoms with Gasteiger partial charge in [-0.15, -0.1) is 0 Å². The molecular formula is C11H19N5. The van der Waals surface area contributed by atoms with Crippen LogP contribution in [0, 0.1) is 6.92 Å². The maximum Gasteiger partial charge on any atom is 0.222 e. The number of aromatic nitrogens is 2. The Bertz CT molecular complexity index is 345. The van der Waals surface area contributed by atoms with Crippen molar-refractivity contribution in [1.82, 2.24) is 14.9 Å². The van der Waals surface area contributed by atoms with Crippen LogP contribution in [0.15, 0.2) is 6.07 Å². The lowest BCUT2D eigenvalue weighted by Crippen LogP contribution is -2.29. The number of hydrogen-bond donors (Lipinski definition) is 1. The van der Waals surface area contributed by atoms with Crippen LogP contribution < -0.4 is 10.6 Å². The highest BCUT2D eigenvalue weighted by molar-refractivity contribution is 5.43. The zero-order valence-corrected chi connectivity index (χ0v) is 9.98. The van der Waals surface area contributed by atoms with E-state index in [-0.39, 0.29) is 0 Å². The number of nitrogen functional groups attached to an aromatic ring is 1. The Balaban J connectivity index is 2.16. The van der Waals surface area contributed by atoms with Gasteiger partial charge in [0.15, 0.2) is 0 Å². The zero-order chi connectivity index (χ0) is 11.5. The third kappa shape index (κ3) is 2.61. The molecule has 5 nitrogen and oxygen atoms in total. The molecule has 1 aromatic rings. The number of aryl methyl sites for hydroxylation is 1. The minimum Gasteiger partial charge on any atom is -0.368 e. The van der Waals surface area contributed by atoms with Gasteiger partial charge in [0, 0.05) is 31.4 Å². The number of hydrogen-bond acceptors (Lipinski definition) is 5. The molecule has 0 spiro atoms. The second-order valence-electron chi connectivity index (χ2n) is 4.37. The molecule has 1 aliphatic rings. The molecule has 0 atom stereocenters. The number of nitrogens with two attached hydrogens (primary N) is 1. The summed E-state index contributed by atoms with van der Waals surface area (Å²) in [5.74, 6) is 1.33. The first-order valence-corrected chi connectivity index (χ1v) is 5.70. The summed E-state index contributed by atoms with van der Waals surface area (Å²) < 4.78 is 0. The van der Waals surface area contributed by atoms with E-state index in [9.17, 15) is 0 Å². The van der Waals surface area contributed by atoms with E-state index in [1.807, 2.05) is 13.0 Å². The van der Waals surface area contributed by atoms with Crippen molar-refractivity contribution in [1.29, 1.82) is 0 Å². The molecule has 5 heteroatoms. The van der Waals surface area contributed by atoms with Gasteiger partial charge >= 0.3 is 0 Å². The van der Waals surface area contributed by atoms with Gasteiger partial charge in [-0.2, -0.15) is 4.98 Å². The minimum atomic E-state index is 0.368. The standard InChI is InChI=1S/C11H19N5/c1-9-8-10(14-11(12)13-9)16-5-3-4-15(2)6-7-16/h8H,3-7H2,1-2H3,(H2,12,13,14). The monoisotopic (exact) mass is 221 g/mol. The van der Waals surface area contributed by atoms with Gasteiger partial charge in [0.25, 0.3) is 0 Å². The number of rotatable bonds is 1. The summed E-state index contributed by atoms with van der Waals surface area (Å²) in [5, 5.41) is 0. The van der Waals surface area contributed by atoms with Gasteiger partial charge in [-0.25, -0.2) is 4.98 Å². The predicted octanol–water partition coefficient (Wildman–Crippen LogP) is 0.509. The Labute approximate surface area is 96.3 Å². The summed E-state index contributed by atoms with van der Waals surface area (Å²) >= 11 is 0. The van der Waals surface area contributed by atoms with Gasteiger partial charge in [-0.05, 0) is 26.9 Å². The van der Waals surface area contributed by atoms with Gasteiger partial charge < -0.3 is 15.5 Å². The fourth-order valence-electron chi connectivity index (χ4n) is 2.01. The Morgan fingerprint density at radius 1 is 1.19 bits per heavy atom. The van der Waals surface area contributed by atoms with Crippen LogP contribution in [0.4, 0.5) is 11.8 Å². The van der Waals surface area contributed by atoms with Crippen molar-refractivity contribution in [2.45, 2.75) is 13.3 Å². The molecule has 2 rings (SSSR count). The Morgan fingerprint density at radius 2 is 2.00 bits per heavy atom. The topological polar surface area (TPSA) is 58.3 Å². The van der Waals surface area contributed by atoms with E-state index in [0.717, 1.165) is 37.7 Å². The highest BCUT2D eigenvalue weighted by Gasteiger charge is 2.14. The molecule has 1 aromatic heterocycles.